The molecule has 1 fully saturated rings. The SMILES string of the molecule is CC(C)Oc1ccc(CNC(=O)N2CCC[C@H]2c2cccs2)cn1. The Morgan fingerprint density at radius 1 is 1.46 bits per heavy atom. The number of urea groups is 1. The molecule has 1 aliphatic rings. The molecular formula is C18H23N3O2S. The maximum absolute atomic E-state index is 12.5. The number of rotatable bonds is 5. The summed E-state index contributed by atoms with van der Waals surface area (Å²) in [5.74, 6) is 0.609. The summed E-state index contributed by atoms with van der Waals surface area (Å²) in [6.45, 7) is 5.22. The maximum Gasteiger partial charge on any atom is 0.318 e. The molecule has 0 aromatic carbocycles. The maximum atomic E-state index is 12.5. The number of carbonyl (C=O) groups is 1. The lowest BCUT2D eigenvalue weighted by Crippen LogP contribution is -2.38. The van der Waals surface area contributed by atoms with E-state index in [1.165, 1.54) is 4.88 Å². The first-order valence-corrected chi connectivity index (χ1v) is 9.21. The fourth-order valence-electron chi connectivity index (χ4n) is 2.89. The lowest BCUT2D eigenvalue weighted by Gasteiger charge is -2.24. The van der Waals surface area contributed by atoms with Crippen molar-refractivity contribution in [3.05, 3.63) is 46.3 Å². The van der Waals surface area contributed by atoms with Gasteiger partial charge in [0.1, 0.15) is 0 Å². The quantitative estimate of drug-likeness (QED) is 0.892. The normalized spacial score (nSPS) is 17.3. The second-order valence-electron chi connectivity index (χ2n) is 6.20. The summed E-state index contributed by atoms with van der Waals surface area (Å²) < 4.78 is 5.53. The van der Waals surface area contributed by atoms with Gasteiger partial charge in [0.2, 0.25) is 5.88 Å². The summed E-state index contributed by atoms with van der Waals surface area (Å²) in [5.41, 5.74) is 0.964. The summed E-state index contributed by atoms with van der Waals surface area (Å²) >= 11 is 1.72. The van der Waals surface area contributed by atoms with Crippen molar-refractivity contribution in [3.63, 3.8) is 0 Å². The van der Waals surface area contributed by atoms with Crippen LogP contribution in [0.25, 0.3) is 0 Å². The molecule has 2 amide bonds. The van der Waals surface area contributed by atoms with Gasteiger partial charge in [0, 0.05) is 30.2 Å². The Bertz CT molecular complexity index is 655. The van der Waals surface area contributed by atoms with E-state index >= 15 is 0 Å². The highest BCUT2D eigenvalue weighted by atomic mass is 32.1. The fourth-order valence-corrected chi connectivity index (χ4v) is 3.77. The molecule has 0 aliphatic carbocycles. The van der Waals surface area contributed by atoms with Crippen LogP contribution in [0.5, 0.6) is 5.88 Å². The van der Waals surface area contributed by atoms with Crippen LogP contribution in [0.2, 0.25) is 0 Å². The van der Waals surface area contributed by atoms with Crippen LogP contribution in [-0.2, 0) is 6.54 Å². The standard InChI is InChI=1S/C18H23N3O2S/c1-13(2)23-17-8-7-14(11-19-17)12-20-18(22)21-9-3-5-15(21)16-6-4-10-24-16/h4,6-8,10-11,13,15H,3,5,9,12H2,1-2H3,(H,20,22)/t15-/m0/s1. The third-order valence-electron chi connectivity index (χ3n) is 3.98. The topological polar surface area (TPSA) is 54.5 Å². The number of aromatic nitrogens is 1. The molecule has 1 saturated heterocycles. The Morgan fingerprint density at radius 3 is 3.00 bits per heavy atom. The first-order chi connectivity index (χ1) is 11.6. The molecule has 1 atom stereocenters. The zero-order chi connectivity index (χ0) is 16.9. The molecule has 1 N–H and O–H groups in total. The molecule has 1 aliphatic heterocycles. The van der Waals surface area contributed by atoms with Crippen molar-refractivity contribution in [1.82, 2.24) is 15.2 Å². The molecule has 0 saturated carbocycles. The lowest BCUT2D eigenvalue weighted by molar-refractivity contribution is 0.193. The van der Waals surface area contributed by atoms with Crippen molar-refractivity contribution >= 4 is 17.4 Å². The molecule has 5 nitrogen and oxygen atoms in total. The zero-order valence-electron chi connectivity index (χ0n) is 14.1. The number of hydrogen-bond acceptors (Lipinski definition) is 4. The second-order valence-corrected chi connectivity index (χ2v) is 7.18. The third-order valence-corrected chi connectivity index (χ3v) is 4.96. The predicted octanol–water partition coefficient (Wildman–Crippen LogP) is 3.98. The van der Waals surface area contributed by atoms with E-state index in [-0.39, 0.29) is 18.2 Å². The first-order valence-electron chi connectivity index (χ1n) is 8.33. The minimum atomic E-state index is -0.00610. The van der Waals surface area contributed by atoms with E-state index in [2.05, 4.69) is 21.7 Å². The van der Waals surface area contributed by atoms with Gasteiger partial charge in [0.15, 0.2) is 0 Å². The van der Waals surface area contributed by atoms with Gasteiger partial charge >= 0.3 is 6.03 Å². The molecule has 2 aromatic heterocycles. The number of nitrogens with zero attached hydrogens (tertiary/aromatic N) is 2. The average Bonchev–Trinajstić information content (AvgIpc) is 3.24. The number of carbonyl (C=O) groups excluding carboxylic acids is 1. The molecule has 0 unspecified atom stereocenters. The number of pyridine rings is 1. The Labute approximate surface area is 146 Å². The van der Waals surface area contributed by atoms with Crippen molar-refractivity contribution in [1.29, 1.82) is 0 Å². The van der Waals surface area contributed by atoms with E-state index in [4.69, 9.17) is 4.74 Å². The largest absolute Gasteiger partial charge is 0.475 e. The minimum Gasteiger partial charge on any atom is -0.475 e. The van der Waals surface area contributed by atoms with Gasteiger partial charge < -0.3 is 15.0 Å². The van der Waals surface area contributed by atoms with Crippen LogP contribution in [0.3, 0.4) is 0 Å². The van der Waals surface area contributed by atoms with Gasteiger partial charge in [-0.05, 0) is 43.7 Å². The van der Waals surface area contributed by atoms with E-state index < -0.39 is 0 Å². The second kappa shape index (κ2) is 7.66. The number of amides is 2. The number of nitrogens with one attached hydrogen (secondary N) is 1. The molecule has 2 aromatic rings. The van der Waals surface area contributed by atoms with Crippen molar-refractivity contribution in [3.8, 4) is 5.88 Å². The van der Waals surface area contributed by atoms with Gasteiger partial charge in [-0.2, -0.15) is 0 Å². The number of thiophene rings is 1. The van der Waals surface area contributed by atoms with Gasteiger partial charge in [-0.3, -0.25) is 0 Å². The molecule has 3 rings (SSSR count). The fraction of sp³-hybridized carbons (Fsp3) is 0.444. The molecule has 0 spiro atoms. The first kappa shape index (κ1) is 16.8. The molecule has 3 heterocycles. The van der Waals surface area contributed by atoms with Gasteiger partial charge in [0.25, 0.3) is 0 Å². The van der Waals surface area contributed by atoms with Gasteiger partial charge in [-0.25, -0.2) is 9.78 Å². The summed E-state index contributed by atoms with van der Waals surface area (Å²) in [5, 5.41) is 5.07. The van der Waals surface area contributed by atoms with E-state index in [9.17, 15) is 4.79 Å². The van der Waals surface area contributed by atoms with Crippen molar-refractivity contribution in [2.24, 2.45) is 0 Å². The molecule has 0 bridgehead atoms. The van der Waals surface area contributed by atoms with Gasteiger partial charge in [-0.1, -0.05) is 12.1 Å². The highest BCUT2D eigenvalue weighted by Gasteiger charge is 2.30. The van der Waals surface area contributed by atoms with Gasteiger partial charge in [-0.15, -0.1) is 11.3 Å². The van der Waals surface area contributed by atoms with E-state index in [0.29, 0.717) is 12.4 Å². The molecule has 24 heavy (non-hydrogen) atoms. The van der Waals surface area contributed by atoms with E-state index in [1.54, 1.807) is 17.5 Å². The lowest BCUT2D eigenvalue weighted by atomic mass is 10.2. The van der Waals surface area contributed by atoms with Crippen molar-refractivity contribution in [2.75, 3.05) is 6.54 Å². The minimum absolute atomic E-state index is 0.00610. The Morgan fingerprint density at radius 2 is 2.33 bits per heavy atom. The van der Waals surface area contributed by atoms with Crippen molar-refractivity contribution in [2.45, 2.75) is 45.4 Å². The van der Waals surface area contributed by atoms with Crippen LogP contribution in [0, 0.1) is 0 Å². The number of likely N-dealkylation sites (tertiary alicyclic amines) is 1. The van der Waals surface area contributed by atoms with Gasteiger partial charge in [0.05, 0.1) is 12.1 Å². The van der Waals surface area contributed by atoms with E-state index in [1.807, 2.05) is 36.9 Å². The third kappa shape index (κ3) is 4.06. The van der Waals surface area contributed by atoms with E-state index in [0.717, 1.165) is 24.9 Å². The molecule has 0 radical (unpaired) electrons. The Kier molecular flexibility index (Phi) is 5.35. The van der Waals surface area contributed by atoms with Crippen LogP contribution >= 0.6 is 11.3 Å². The summed E-state index contributed by atoms with van der Waals surface area (Å²) in [7, 11) is 0. The average molecular weight is 345 g/mol. The molecular weight excluding hydrogens is 322 g/mol. The Hall–Kier alpha value is -2.08. The smallest absolute Gasteiger partial charge is 0.318 e. The summed E-state index contributed by atoms with van der Waals surface area (Å²) in [6, 6.07) is 8.13. The monoisotopic (exact) mass is 345 g/mol. The summed E-state index contributed by atoms with van der Waals surface area (Å²) in [6.07, 6.45) is 3.95. The highest BCUT2D eigenvalue weighted by molar-refractivity contribution is 7.10. The van der Waals surface area contributed by atoms with Crippen LogP contribution in [-0.4, -0.2) is 28.6 Å². The molecule has 128 valence electrons. The molecule has 6 heteroatoms. The van der Waals surface area contributed by atoms with Crippen molar-refractivity contribution < 1.29 is 9.53 Å². The number of ether oxygens (including phenoxy) is 1. The van der Waals surface area contributed by atoms with Crippen LogP contribution in [0.4, 0.5) is 4.79 Å². The summed E-state index contributed by atoms with van der Waals surface area (Å²) in [4.78, 5) is 20.0. The number of hydrogen-bond donors (Lipinski definition) is 1. The zero-order valence-corrected chi connectivity index (χ0v) is 14.9. The van der Waals surface area contributed by atoms with Crippen LogP contribution in [0.1, 0.15) is 43.2 Å². The highest BCUT2D eigenvalue weighted by Crippen LogP contribution is 2.34. The van der Waals surface area contributed by atoms with Crippen LogP contribution in [0.15, 0.2) is 35.8 Å². The predicted molar refractivity (Wildman–Crippen MR) is 95.2 cm³/mol. The Balaban J connectivity index is 1.55. The van der Waals surface area contributed by atoms with Crippen LogP contribution < -0.4 is 10.1 Å².